The van der Waals surface area contributed by atoms with Crippen LogP contribution in [0, 0.1) is 0 Å². The first kappa shape index (κ1) is 22.7. The smallest absolute Gasteiger partial charge is 0.416 e. The van der Waals surface area contributed by atoms with Crippen LogP contribution in [0.25, 0.3) is 22.3 Å². The van der Waals surface area contributed by atoms with E-state index in [0.717, 1.165) is 12.1 Å². The number of H-pyrrole nitrogens is 1. The predicted molar refractivity (Wildman–Crippen MR) is 113 cm³/mol. The average Bonchev–Trinajstić information content (AvgIpc) is 3.23. The molecule has 0 radical (unpaired) electrons. The quantitative estimate of drug-likeness (QED) is 0.319. The van der Waals surface area contributed by atoms with Gasteiger partial charge < -0.3 is 9.64 Å². The molecule has 12 heteroatoms. The Kier molecular flexibility index (Phi) is 6.07. The van der Waals surface area contributed by atoms with E-state index in [0.29, 0.717) is 11.0 Å². The summed E-state index contributed by atoms with van der Waals surface area (Å²) in [4.78, 5) is 10.4. The van der Waals surface area contributed by atoms with Crippen LogP contribution in [0.5, 0.6) is 5.75 Å². The zero-order chi connectivity index (χ0) is 23.8. The molecule has 2 heterocycles. The maximum absolute atomic E-state index is 13.0. The molecule has 4 rings (SSSR count). The lowest BCUT2D eigenvalue weighted by Gasteiger charge is -2.23. The van der Waals surface area contributed by atoms with Crippen LogP contribution in [0.2, 0.25) is 5.02 Å². The van der Waals surface area contributed by atoms with E-state index in [1.54, 1.807) is 19.1 Å². The topological polar surface area (TPSA) is 66.9 Å². The van der Waals surface area contributed by atoms with Crippen LogP contribution in [0.15, 0.2) is 48.7 Å². The number of fused-ring (bicyclic) bond motifs is 1. The Morgan fingerprint density at radius 2 is 1.88 bits per heavy atom. The lowest BCUT2D eigenvalue weighted by atomic mass is 10.1. The van der Waals surface area contributed by atoms with Gasteiger partial charge in [0.05, 0.1) is 22.5 Å². The molecule has 0 saturated heterocycles. The van der Waals surface area contributed by atoms with Crippen molar-refractivity contribution in [2.45, 2.75) is 19.7 Å². The molecule has 0 atom stereocenters. The largest absolute Gasteiger partial charge is 0.434 e. The number of rotatable bonds is 6. The summed E-state index contributed by atoms with van der Waals surface area (Å²) in [6, 6.07) is 9.04. The Morgan fingerprint density at radius 1 is 1.12 bits per heavy atom. The maximum atomic E-state index is 13.0. The van der Waals surface area contributed by atoms with E-state index in [4.69, 9.17) is 11.6 Å². The fourth-order valence-corrected chi connectivity index (χ4v) is 3.61. The number of halogens is 6. The van der Waals surface area contributed by atoms with Crippen molar-refractivity contribution < 1.29 is 26.7 Å². The maximum Gasteiger partial charge on any atom is 0.416 e. The molecule has 0 aliphatic rings. The molecule has 0 bridgehead atoms. The number of hydrogen-bond acceptors (Lipinski definition) is 5. The minimum absolute atomic E-state index is 0.0925. The summed E-state index contributed by atoms with van der Waals surface area (Å²) < 4.78 is 69.6. The SMILES string of the molecule is CCN(c1nc(-c2ccccc2OC(F)F)c2[nH]ncc2n1)c1ccc(C(F)(F)F)cc1Cl. The van der Waals surface area contributed by atoms with Crippen LogP contribution < -0.4 is 9.64 Å². The van der Waals surface area contributed by atoms with Crippen LogP contribution >= 0.6 is 11.6 Å². The van der Waals surface area contributed by atoms with E-state index in [1.165, 1.54) is 29.3 Å². The minimum Gasteiger partial charge on any atom is -0.434 e. The molecule has 0 aliphatic carbocycles. The van der Waals surface area contributed by atoms with Gasteiger partial charge >= 0.3 is 12.8 Å². The second-order valence-corrected chi connectivity index (χ2v) is 7.19. The summed E-state index contributed by atoms with van der Waals surface area (Å²) in [5.41, 5.74) is 0.577. The van der Waals surface area contributed by atoms with Crippen molar-refractivity contribution in [2.75, 3.05) is 11.4 Å². The molecule has 6 nitrogen and oxygen atoms in total. The van der Waals surface area contributed by atoms with Gasteiger partial charge in [-0.1, -0.05) is 23.7 Å². The first-order chi connectivity index (χ1) is 15.7. The van der Waals surface area contributed by atoms with E-state index >= 15 is 0 Å². The molecule has 0 unspecified atom stereocenters. The normalized spacial score (nSPS) is 11.9. The number of alkyl halides is 5. The predicted octanol–water partition coefficient (Wildman–Crippen LogP) is 6.45. The molecule has 33 heavy (non-hydrogen) atoms. The second kappa shape index (κ2) is 8.81. The van der Waals surface area contributed by atoms with Gasteiger partial charge in [-0.3, -0.25) is 5.10 Å². The summed E-state index contributed by atoms with van der Waals surface area (Å²) >= 11 is 6.18. The first-order valence-electron chi connectivity index (χ1n) is 9.58. The molecule has 0 saturated carbocycles. The Morgan fingerprint density at radius 3 is 2.55 bits per heavy atom. The molecule has 0 spiro atoms. The van der Waals surface area contributed by atoms with Gasteiger partial charge in [0, 0.05) is 12.1 Å². The Bertz CT molecular complexity index is 1290. The van der Waals surface area contributed by atoms with Crippen molar-refractivity contribution in [3.63, 3.8) is 0 Å². The van der Waals surface area contributed by atoms with Crippen molar-refractivity contribution in [2.24, 2.45) is 0 Å². The highest BCUT2D eigenvalue weighted by Gasteiger charge is 2.31. The van der Waals surface area contributed by atoms with Gasteiger partial charge in [-0.05, 0) is 37.3 Å². The van der Waals surface area contributed by atoms with Crippen LogP contribution in [0.3, 0.4) is 0 Å². The molecular weight excluding hydrogens is 469 g/mol. The fraction of sp³-hybridized carbons (Fsp3) is 0.190. The van der Waals surface area contributed by atoms with Crippen molar-refractivity contribution in [1.29, 1.82) is 0 Å². The minimum atomic E-state index is -4.55. The number of ether oxygens (including phenoxy) is 1. The highest BCUT2D eigenvalue weighted by atomic mass is 35.5. The summed E-state index contributed by atoms with van der Waals surface area (Å²) in [7, 11) is 0. The number of nitrogens with zero attached hydrogens (tertiary/aromatic N) is 4. The Balaban J connectivity index is 1.86. The van der Waals surface area contributed by atoms with Crippen LogP contribution in [0.1, 0.15) is 12.5 Å². The van der Waals surface area contributed by atoms with E-state index in [2.05, 4.69) is 24.9 Å². The van der Waals surface area contributed by atoms with Gasteiger partial charge in [0.2, 0.25) is 5.95 Å². The van der Waals surface area contributed by atoms with Gasteiger partial charge in [-0.2, -0.15) is 27.1 Å². The monoisotopic (exact) mass is 483 g/mol. The standard InChI is InChI=1S/C21H15ClF5N5O/c1-2-32(15-8-7-11(9-13(15)22)21(25,26)27)20-29-14-10-28-31-18(14)17(30-20)12-5-3-4-6-16(12)33-19(23)24/h3-10,19H,2H2,1H3,(H,28,31). The lowest BCUT2D eigenvalue weighted by molar-refractivity contribution is -0.137. The number of benzene rings is 2. The summed E-state index contributed by atoms with van der Waals surface area (Å²) in [5, 5.41) is 6.54. The number of nitrogens with one attached hydrogen (secondary N) is 1. The Labute approximate surface area is 189 Å². The summed E-state index contributed by atoms with van der Waals surface area (Å²) in [6.07, 6.45) is -3.13. The highest BCUT2D eigenvalue weighted by Crippen LogP contribution is 2.39. The number of aromatic amines is 1. The molecule has 1 N–H and O–H groups in total. The highest BCUT2D eigenvalue weighted by molar-refractivity contribution is 6.33. The molecule has 2 aromatic carbocycles. The molecule has 0 amide bonds. The molecule has 2 aromatic heterocycles. The molecule has 0 fully saturated rings. The summed E-state index contributed by atoms with van der Waals surface area (Å²) in [6.45, 7) is -1.06. The van der Waals surface area contributed by atoms with Crippen molar-refractivity contribution >= 4 is 34.3 Å². The van der Waals surface area contributed by atoms with Crippen LogP contribution in [-0.4, -0.2) is 33.3 Å². The van der Waals surface area contributed by atoms with Crippen LogP contribution in [-0.2, 0) is 6.18 Å². The van der Waals surface area contributed by atoms with Gasteiger partial charge in [0.1, 0.15) is 22.5 Å². The van der Waals surface area contributed by atoms with E-state index in [-0.39, 0.29) is 40.2 Å². The third-order valence-corrected chi connectivity index (χ3v) is 5.07. The van der Waals surface area contributed by atoms with Gasteiger partial charge in [-0.25, -0.2) is 9.97 Å². The average molecular weight is 484 g/mol. The molecule has 4 aromatic rings. The second-order valence-electron chi connectivity index (χ2n) is 6.79. The third-order valence-electron chi connectivity index (χ3n) is 4.77. The molecular formula is C21H15ClF5N5O. The van der Waals surface area contributed by atoms with Gasteiger partial charge in [-0.15, -0.1) is 0 Å². The summed E-state index contributed by atoms with van der Waals surface area (Å²) in [5.74, 6) is -0.0152. The Hall–Kier alpha value is -3.47. The van der Waals surface area contributed by atoms with Crippen molar-refractivity contribution in [1.82, 2.24) is 20.2 Å². The van der Waals surface area contributed by atoms with Gasteiger partial charge in [0.25, 0.3) is 0 Å². The van der Waals surface area contributed by atoms with E-state index in [1.807, 2.05) is 0 Å². The number of aromatic nitrogens is 4. The zero-order valence-corrected chi connectivity index (χ0v) is 17.6. The fourth-order valence-electron chi connectivity index (χ4n) is 3.33. The lowest BCUT2D eigenvalue weighted by Crippen LogP contribution is -2.20. The van der Waals surface area contributed by atoms with Crippen LogP contribution in [0.4, 0.5) is 33.6 Å². The van der Waals surface area contributed by atoms with E-state index in [9.17, 15) is 22.0 Å². The third kappa shape index (κ3) is 4.54. The zero-order valence-electron chi connectivity index (χ0n) is 16.9. The number of para-hydroxylation sites is 1. The van der Waals surface area contributed by atoms with Gasteiger partial charge in [0.15, 0.2) is 0 Å². The van der Waals surface area contributed by atoms with Crippen molar-refractivity contribution in [3.8, 4) is 17.0 Å². The van der Waals surface area contributed by atoms with Crippen molar-refractivity contribution in [3.05, 3.63) is 59.2 Å². The number of anilines is 2. The number of hydrogen-bond donors (Lipinski definition) is 1. The molecule has 172 valence electrons. The first-order valence-corrected chi connectivity index (χ1v) is 9.96. The van der Waals surface area contributed by atoms with E-state index < -0.39 is 18.4 Å². The molecule has 0 aliphatic heterocycles.